The molecular weight excluding hydrogens is 240 g/mol. The lowest BCUT2D eigenvalue weighted by Crippen LogP contribution is -2.16. The molecule has 0 fully saturated rings. The number of nitrogens with zero attached hydrogens (tertiary/aromatic N) is 3. The Morgan fingerprint density at radius 1 is 1.47 bits per heavy atom. The summed E-state index contributed by atoms with van der Waals surface area (Å²) in [6.45, 7) is 2.80. The van der Waals surface area contributed by atoms with E-state index >= 15 is 0 Å². The molecule has 0 saturated heterocycles. The summed E-state index contributed by atoms with van der Waals surface area (Å²) in [6.07, 6.45) is 0. The fraction of sp³-hybridized carbons (Fsp3) is 0.273. The lowest BCUT2D eigenvalue weighted by Gasteiger charge is -2.08. The van der Waals surface area contributed by atoms with Gasteiger partial charge in [0, 0.05) is 19.3 Å². The van der Waals surface area contributed by atoms with Gasteiger partial charge in [-0.15, -0.1) is 0 Å². The third-order valence-electron chi connectivity index (χ3n) is 2.45. The fourth-order valence-electron chi connectivity index (χ4n) is 1.33. The Morgan fingerprint density at radius 3 is 2.94 bits per heavy atom. The van der Waals surface area contributed by atoms with Crippen molar-refractivity contribution in [2.24, 2.45) is 0 Å². The van der Waals surface area contributed by atoms with Gasteiger partial charge in [0.25, 0.3) is 11.8 Å². The monoisotopic (exact) mass is 252 g/mol. The minimum Gasteiger partial charge on any atom is -0.399 e. The van der Waals surface area contributed by atoms with Crippen molar-refractivity contribution in [3.63, 3.8) is 0 Å². The summed E-state index contributed by atoms with van der Waals surface area (Å²) in [5.74, 6) is 0.901. The molecule has 1 aromatic heterocycles. The predicted octanol–water partition coefficient (Wildman–Crippen LogP) is 2.43. The number of nitrogens with two attached hydrogens (primary N) is 1. The standard InChI is InChI=1S/C11H13ClN4O/c1-3-16(2)11-14-10(17-15-11)8-6-7(13)4-5-9(8)12/h4-6H,3,13H2,1-2H3. The fourth-order valence-corrected chi connectivity index (χ4v) is 1.53. The van der Waals surface area contributed by atoms with Crippen molar-refractivity contribution in [2.75, 3.05) is 24.2 Å². The van der Waals surface area contributed by atoms with Crippen LogP contribution in [-0.2, 0) is 0 Å². The zero-order valence-corrected chi connectivity index (χ0v) is 10.4. The van der Waals surface area contributed by atoms with Crippen LogP contribution in [0.5, 0.6) is 0 Å². The highest BCUT2D eigenvalue weighted by molar-refractivity contribution is 6.33. The van der Waals surface area contributed by atoms with Crippen molar-refractivity contribution in [2.45, 2.75) is 6.92 Å². The van der Waals surface area contributed by atoms with Crippen molar-refractivity contribution in [1.82, 2.24) is 10.1 Å². The minimum atomic E-state index is 0.373. The molecule has 2 rings (SSSR count). The molecule has 0 aliphatic heterocycles. The molecule has 0 amide bonds. The normalized spacial score (nSPS) is 10.5. The quantitative estimate of drug-likeness (QED) is 0.850. The van der Waals surface area contributed by atoms with Crippen LogP contribution in [0.15, 0.2) is 22.7 Å². The van der Waals surface area contributed by atoms with Gasteiger partial charge in [-0.3, -0.25) is 0 Å². The lowest BCUT2D eigenvalue weighted by atomic mass is 10.2. The van der Waals surface area contributed by atoms with Crippen LogP contribution in [0.1, 0.15) is 6.92 Å². The number of aromatic nitrogens is 2. The molecule has 17 heavy (non-hydrogen) atoms. The van der Waals surface area contributed by atoms with Gasteiger partial charge < -0.3 is 15.2 Å². The molecule has 0 aliphatic carbocycles. The number of anilines is 2. The number of benzene rings is 1. The van der Waals surface area contributed by atoms with Gasteiger partial charge in [0.1, 0.15) is 0 Å². The van der Waals surface area contributed by atoms with E-state index in [0.717, 1.165) is 6.54 Å². The molecule has 2 N–H and O–H groups in total. The topological polar surface area (TPSA) is 68.2 Å². The maximum Gasteiger partial charge on any atom is 0.266 e. The van der Waals surface area contributed by atoms with Crippen molar-refractivity contribution < 1.29 is 4.52 Å². The second kappa shape index (κ2) is 4.63. The molecular formula is C11H13ClN4O. The molecule has 1 heterocycles. The van der Waals surface area contributed by atoms with Crippen molar-refractivity contribution in [3.05, 3.63) is 23.2 Å². The maximum atomic E-state index is 6.06. The third kappa shape index (κ3) is 2.34. The molecule has 0 atom stereocenters. The second-order valence-corrected chi connectivity index (χ2v) is 4.06. The predicted molar refractivity (Wildman–Crippen MR) is 68.1 cm³/mol. The zero-order chi connectivity index (χ0) is 12.4. The molecule has 2 aromatic rings. The first kappa shape index (κ1) is 11.7. The molecule has 0 bridgehead atoms. The van der Waals surface area contributed by atoms with E-state index in [2.05, 4.69) is 10.1 Å². The van der Waals surface area contributed by atoms with Crippen LogP contribution < -0.4 is 10.6 Å². The van der Waals surface area contributed by atoms with Crippen LogP contribution in [0, 0.1) is 0 Å². The summed E-state index contributed by atoms with van der Waals surface area (Å²) >= 11 is 6.06. The highest BCUT2D eigenvalue weighted by atomic mass is 35.5. The van der Waals surface area contributed by atoms with E-state index in [1.807, 2.05) is 18.9 Å². The van der Waals surface area contributed by atoms with E-state index in [9.17, 15) is 0 Å². The van der Waals surface area contributed by atoms with Gasteiger partial charge in [-0.1, -0.05) is 11.6 Å². The van der Waals surface area contributed by atoms with E-state index in [-0.39, 0.29) is 0 Å². The first-order valence-corrected chi connectivity index (χ1v) is 5.60. The van der Waals surface area contributed by atoms with Crippen LogP contribution in [0.4, 0.5) is 11.6 Å². The Morgan fingerprint density at radius 2 is 2.24 bits per heavy atom. The number of hydrogen-bond acceptors (Lipinski definition) is 5. The summed E-state index contributed by atoms with van der Waals surface area (Å²) in [5.41, 5.74) is 6.95. The third-order valence-corrected chi connectivity index (χ3v) is 2.78. The summed E-state index contributed by atoms with van der Waals surface area (Å²) in [6, 6.07) is 5.15. The van der Waals surface area contributed by atoms with Crippen LogP contribution >= 0.6 is 11.6 Å². The van der Waals surface area contributed by atoms with Crippen LogP contribution in [-0.4, -0.2) is 23.7 Å². The molecule has 0 aliphatic rings. The highest BCUT2D eigenvalue weighted by Gasteiger charge is 2.14. The van der Waals surface area contributed by atoms with Crippen LogP contribution in [0.3, 0.4) is 0 Å². The van der Waals surface area contributed by atoms with Gasteiger partial charge in [0.2, 0.25) is 0 Å². The first-order valence-electron chi connectivity index (χ1n) is 5.22. The lowest BCUT2D eigenvalue weighted by molar-refractivity contribution is 0.430. The summed E-state index contributed by atoms with van der Waals surface area (Å²) in [7, 11) is 1.88. The molecule has 0 radical (unpaired) electrons. The Labute approximate surface area is 104 Å². The van der Waals surface area contributed by atoms with Gasteiger partial charge in [-0.25, -0.2) is 0 Å². The van der Waals surface area contributed by atoms with E-state index < -0.39 is 0 Å². The molecule has 0 spiro atoms. The number of halogens is 1. The summed E-state index contributed by atoms with van der Waals surface area (Å²) < 4.78 is 5.17. The van der Waals surface area contributed by atoms with Crippen molar-refractivity contribution in [1.29, 1.82) is 0 Å². The molecule has 6 heteroatoms. The Kier molecular flexibility index (Phi) is 3.19. The van der Waals surface area contributed by atoms with E-state index in [1.54, 1.807) is 18.2 Å². The van der Waals surface area contributed by atoms with Crippen molar-refractivity contribution in [3.8, 4) is 11.5 Å². The van der Waals surface area contributed by atoms with E-state index in [1.165, 1.54) is 0 Å². The summed E-state index contributed by atoms with van der Waals surface area (Å²) in [5, 5.41) is 4.41. The zero-order valence-electron chi connectivity index (χ0n) is 9.64. The van der Waals surface area contributed by atoms with E-state index in [4.69, 9.17) is 21.9 Å². The number of nitrogen functional groups attached to an aromatic ring is 1. The number of hydrogen-bond donors (Lipinski definition) is 1. The smallest absolute Gasteiger partial charge is 0.266 e. The SMILES string of the molecule is CCN(C)c1noc(-c2cc(N)ccc2Cl)n1. The molecule has 0 unspecified atom stereocenters. The average molecular weight is 253 g/mol. The van der Waals surface area contributed by atoms with Gasteiger partial charge in [0.15, 0.2) is 0 Å². The first-order chi connectivity index (χ1) is 8.11. The van der Waals surface area contributed by atoms with Gasteiger partial charge >= 0.3 is 0 Å². The molecule has 90 valence electrons. The minimum absolute atomic E-state index is 0.373. The second-order valence-electron chi connectivity index (χ2n) is 3.65. The summed E-state index contributed by atoms with van der Waals surface area (Å²) in [4.78, 5) is 6.13. The number of rotatable bonds is 3. The maximum absolute atomic E-state index is 6.06. The Bertz CT molecular complexity index is 526. The molecule has 5 nitrogen and oxygen atoms in total. The average Bonchev–Trinajstić information content (AvgIpc) is 2.80. The van der Waals surface area contributed by atoms with Crippen LogP contribution in [0.2, 0.25) is 5.02 Å². The van der Waals surface area contributed by atoms with Crippen LogP contribution in [0.25, 0.3) is 11.5 Å². The van der Waals surface area contributed by atoms with Gasteiger partial charge in [-0.05, 0) is 30.3 Å². The molecule has 1 aromatic carbocycles. The van der Waals surface area contributed by atoms with Gasteiger partial charge in [0.05, 0.1) is 10.6 Å². The largest absolute Gasteiger partial charge is 0.399 e. The Hall–Kier alpha value is -1.75. The van der Waals surface area contributed by atoms with E-state index in [0.29, 0.717) is 28.1 Å². The molecule has 0 saturated carbocycles. The van der Waals surface area contributed by atoms with Crippen molar-refractivity contribution >= 4 is 23.2 Å². The van der Waals surface area contributed by atoms with Gasteiger partial charge in [-0.2, -0.15) is 4.98 Å². The Balaban J connectivity index is 2.40. The highest BCUT2D eigenvalue weighted by Crippen LogP contribution is 2.29.